The molecule has 0 unspecified atom stereocenters. The average molecular weight is 365 g/mol. The van der Waals surface area contributed by atoms with E-state index >= 15 is 0 Å². The molecule has 6 nitrogen and oxygen atoms in total. The van der Waals surface area contributed by atoms with E-state index in [0.29, 0.717) is 0 Å². The molecular formula is C21H27N5O. The molecule has 6 heteroatoms. The third-order valence-corrected chi connectivity index (χ3v) is 5.64. The predicted molar refractivity (Wildman–Crippen MR) is 104 cm³/mol. The van der Waals surface area contributed by atoms with Crippen LogP contribution in [-0.2, 0) is 0 Å². The number of nitrogens with zero attached hydrogens (tertiary/aromatic N) is 5. The monoisotopic (exact) mass is 365 g/mol. The molecule has 2 amide bonds. The van der Waals surface area contributed by atoms with E-state index in [0.717, 1.165) is 74.5 Å². The van der Waals surface area contributed by atoms with Crippen LogP contribution in [0.1, 0.15) is 49.5 Å². The Labute approximate surface area is 160 Å². The lowest BCUT2D eigenvalue weighted by atomic mass is 9.90. The first-order valence-corrected chi connectivity index (χ1v) is 10.00. The van der Waals surface area contributed by atoms with Crippen molar-refractivity contribution in [3.63, 3.8) is 0 Å². The zero-order chi connectivity index (χ0) is 18.6. The van der Waals surface area contributed by atoms with Gasteiger partial charge in [-0.2, -0.15) is 0 Å². The fraction of sp³-hybridized carbons (Fsp3) is 0.524. The number of hydrogen-bond acceptors (Lipinski definition) is 4. The summed E-state index contributed by atoms with van der Waals surface area (Å²) in [6.45, 7) is 5.31. The van der Waals surface area contributed by atoms with Crippen LogP contribution in [0.5, 0.6) is 0 Å². The number of carbonyl (C=O) groups excluding carboxylic acids is 1. The molecule has 0 bridgehead atoms. The number of aromatic nitrogens is 3. The zero-order valence-electron chi connectivity index (χ0n) is 16.0. The van der Waals surface area contributed by atoms with Gasteiger partial charge in [-0.05, 0) is 56.7 Å². The fourth-order valence-corrected chi connectivity index (χ4v) is 4.21. The minimum atomic E-state index is 0.204. The first-order chi connectivity index (χ1) is 13.2. The van der Waals surface area contributed by atoms with E-state index in [-0.39, 0.29) is 11.9 Å². The van der Waals surface area contributed by atoms with E-state index in [1.165, 1.54) is 6.42 Å². The number of carbonyl (C=O) groups is 1. The fourth-order valence-electron chi connectivity index (χ4n) is 4.21. The molecule has 2 aliphatic rings. The van der Waals surface area contributed by atoms with E-state index in [1.54, 1.807) is 12.4 Å². The number of pyridine rings is 1. The molecule has 2 saturated heterocycles. The Morgan fingerprint density at radius 1 is 1.04 bits per heavy atom. The van der Waals surface area contributed by atoms with Gasteiger partial charge in [0.15, 0.2) is 0 Å². The second kappa shape index (κ2) is 8.03. The molecule has 0 N–H and O–H groups in total. The highest BCUT2D eigenvalue weighted by Crippen LogP contribution is 2.33. The first kappa shape index (κ1) is 17.9. The van der Waals surface area contributed by atoms with Crippen molar-refractivity contribution < 1.29 is 4.79 Å². The molecule has 0 saturated carbocycles. The number of hydrogen-bond donors (Lipinski definition) is 0. The van der Waals surface area contributed by atoms with E-state index in [2.05, 4.69) is 9.97 Å². The summed E-state index contributed by atoms with van der Waals surface area (Å²) in [4.78, 5) is 30.4. The summed E-state index contributed by atoms with van der Waals surface area (Å²) in [5.41, 5.74) is 3.20. The second-order valence-electron chi connectivity index (χ2n) is 7.57. The maximum atomic E-state index is 13.0. The standard InChI is InChI=1S/C21H27N5O/c1-16-23-14-19(17-7-9-22-10-8-17)20(24-16)18-6-5-13-26(15-18)21(27)25-11-3-2-4-12-25/h7-10,14,18H,2-6,11-13,15H2,1H3/t18-/m1/s1. The summed E-state index contributed by atoms with van der Waals surface area (Å²) in [5, 5.41) is 0. The molecule has 2 aliphatic heterocycles. The van der Waals surface area contributed by atoms with Crippen LogP contribution in [0.25, 0.3) is 11.1 Å². The van der Waals surface area contributed by atoms with Crippen molar-refractivity contribution in [3.05, 3.63) is 42.2 Å². The average Bonchev–Trinajstić information content (AvgIpc) is 2.74. The third kappa shape index (κ3) is 3.94. The van der Waals surface area contributed by atoms with Crippen LogP contribution in [0, 0.1) is 6.92 Å². The van der Waals surface area contributed by atoms with Gasteiger partial charge in [-0.15, -0.1) is 0 Å². The maximum Gasteiger partial charge on any atom is 0.320 e. The molecule has 0 aromatic carbocycles. The van der Waals surface area contributed by atoms with E-state index in [9.17, 15) is 4.79 Å². The highest BCUT2D eigenvalue weighted by Gasteiger charge is 2.30. The van der Waals surface area contributed by atoms with Crippen LogP contribution in [0.4, 0.5) is 4.79 Å². The topological polar surface area (TPSA) is 62.2 Å². The lowest BCUT2D eigenvalue weighted by molar-refractivity contribution is 0.130. The van der Waals surface area contributed by atoms with Crippen LogP contribution < -0.4 is 0 Å². The Morgan fingerprint density at radius 2 is 1.78 bits per heavy atom. The Kier molecular flexibility index (Phi) is 5.32. The van der Waals surface area contributed by atoms with E-state index < -0.39 is 0 Å². The van der Waals surface area contributed by atoms with Crippen LogP contribution in [0.2, 0.25) is 0 Å². The van der Waals surface area contributed by atoms with Crippen molar-refractivity contribution >= 4 is 6.03 Å². The van der Waals surface area contributed by atoms with Crippen molar-refractivity contribution in [2.45, 2.75) is 44.9 Å². The summed E-state index contributed by atoms with van der Waals surface area (Å²) in [5.74, 6) is 1.03. The Balaban J connectivity index is 1.58. The summed E-state index contributed by atoms with van der Waals surface area (Å²) in [7, 11) is 0. The number of rotatable bonds is 2. The minimum absolute atomic E-state index is 0.204. The summed E-state index contributed by atoms with van der Waals surface area (Å²) >= 11 is 0. The maximum absolute atomic E-state index is 13.0. The highest BCUT2D eigenvalue weighted by molar-refractivity contribution is 5.75. The van der Waals surface area contributed by atoms with Crippen molar-refractivity contribution in [3.8, 4) is 11.1 Å². The molecule has 2 fully saturated rings. The molecule has 1 atom stereocenters. The number of likely N-dealkylation sites (tertiary alicyclic amines) is 2. The molecule has 4 rings (SSSR count). The van der Waals surface area contributed by atoms with Gasteiger partial charge < -0.3 is 9.80 Å². The quantitative estimate of drug-likeness (QED) is 0.815. The Bertz CT molecular complexity index is 788. The molecule has 27 heavy (non-hydrogen) atoms. The molecular weight excluding hydrogens is 338 g/mol. The SMILES string of the molecule is Cc1ncc(-c2ccncc2)c([C@@H]2CCCN(C(=O)N3CCCCC3)C2)n1. The number of amides is 2. The molecule has 142 valence electrons. The van der Waals surface area contributed by atoms with Gasteiger partial charge in [0.2, 0.25) is 0 Å². The van der Waals surface area contributed by atoms with Crippen LogP contribution in [-0.4, -0.2) is 57.0 Å². The summed E-state index contributed by atoms with van der Waals surface area (Å²) < 4.78 is 0. The number of urea groups is 1. The third-order valence-electron chi connectivity index (χ3n) is 5.64. The van der Waals surface area contributed by atoms with Crippen molar-refractivity contribution in [1.82, 2.24) is 24.8 Å². The molecule has 0 aliphatic carbocycles. The first-order valence-electron chi connectivity index (χ1n) is 10.00. The largest absolute Gasteiger partial charge is 0.325 e. The zero-order valence-corrected chi connectivity index (χ0v) is 16.0. The van der Waals surface area contributed by atoms with Crippen LogP contribution in [0.15, 0.2) is 30.7 Å². The normalized spacial score (nSPS) is 20.6. The van der Waals surface area contributed by atoms with Crippen molar-refractivity contribution in [2.75, 3.05) is 26.2 Å². The van der Waals surface area contributed by atoms with Gasteiger partial charge in [0.1, 0.15) is 5.82 Å². The minimum Gasteiger partial charge on any atom is -0.325 e. The molecule has 0 radical (unpaired) electrons. The predicted octanol–water partition coefficient (Wildman–Crippen LogP) is 3.63. The van der Waals surface area contributed by atoms with Gasteiger partial charge in [0.05, 0.1) is 5.69 Å². The summed E-state index contributed by atoms with van der Waals surface area (Å²) in [6.07, 6.45) is 11.1. The Morgan fingerprint density at radius 3 is 2.56 bits per heavy atom. The van der Waals surface area contributed by atoms with Crippen molar-refractivity contribution in [1.29, 1.82) is 0 Å². The van der Waals surface area contributed by atoms with E-state index in [4.69, 9.17) is 4.98 Å². The van der Waals surface area contributed by atoms with E-state index in [1.807, 2.05) is 35.1 Å². The molecule has 2 aromatic rings. The second-order valence-corrected chi connectivity index (χ2v) is 7.57. The van der Waals surface area contributed by atoms with Gasteiger partial charge in [0, 0.05) is 56.3 Å². The lowest BCUT2D eigenvalue weighted by Crippen LogP contribution is -2.48. The molecule has 4 heterocycles. The highest BCUT2D eigenvalue weighted by atomic mass is 16.2. The molecule has 2 aromatic heterocycles. The van der Waals surface area contributed by atoms with Gasteiger partial charge in [-0.3, -0.25) is 4.98 Å². The van der Waals surface area contributed by atoms with Crippen LogP contribution in [0.3, 0.4) is 0 Å². The van der Waals surface area contributed by atoms with Gasteiger partial charge in [-0.25, -0.2) is 14.8 Å². The van der Waals surface area contributed by atoms with Gasteiger partial charge >= 0.3 is 6.03 Å². The summed E-state index contributed by atoms with van der Waals surface area (Å²) in [6, 6.07) is 4.20. The van der Waals surface area contributed by atoms with Crippen molar-refractivity contribution in [2.24, 2.45) is 0 Å². The molecule has 0 spiro atoms. The number of aryl methyl sites for hydroxylation is 1. The number of piperidine rings is 2. The van der Waals surface area contributed by atoms with Crippen LogP contribution >= 0.6 is 0 Å². The Hall–Kier alpha value is -2.50. The van der Waals surface area contributed by atoms with Gasteiger partial charge in [0.25, 0.3) is 0 Å². The smallest absolute Gasteiger partial charge is 0.320 e. The lowest BCUT2D eigenvalue weighted by Gasteiger charge is -2.38. The van der Waals surface area contributed by atoms with Gasteiger partial charge in [-0.1, -0.05) is 0 Å².